The highest BCUT2D eigenvalue weighted by Crippen LogP contribution is 2.30. The molecule has 1 fully saturated rings. The Hall–Kier alpha value is -3.38. The second kappa shape index (κ2) is 8.16. The summed E-state index contributed by atoms with van der Waals surface area (Å²) in [6, 6.07) is 20.6. The zero-order valence-corrected chi connectivity index (χ0v) is 17.0. The number of piperazine rings is 1. The number of rotatable bonds is 5. The number of ether oxygens (including phenoxy) is 1. The van der Waals surface area contributed by atoms with Crippen LogP contribution in [0.3, 0.4) is 0 Å². The second-order valence-electron chi connectivity index (χ2n) is 7.57. The van der Waals surface area contributed by atoms with Crippen LogP contribution in [-0.4, -0.2) is 41.1 Å². The van der Waals surface area contributed by atoms with E-state index in [9.17, 15) is 0 Å². The van der Waals surface area contributed by atoms with Crippen molar-refractivity contribution in [3.8, 4) is 17.0 Å². The first-order valence-corrected chi connectivity index (χ1v) is 10.4. The van der Waals surface area contributed by atoms with Crippen LogP contribution in [-0.2, 0) is 0 Å². The van der Waals surface area contributed by atoms with Crippen LogP contribution in [0.25, 0.3) is 22.3 Å². The van der Waals surface area contributed by atoms with E-state index >= 15 is 0 Å². The zero-order valence-electron chi connectivity index (χ0n) is 17.0. The van der Waals surface area contributed by atoms with Gasteiger partial charge in [-0.2, -0.15) is 0 Å². The SMILES string of the molecule is CC(Oc1ccc(-c2cc3c(N4CCNCC4)ncnc3[nH]2)cc1)c1ccccc1. The highest BCUT2D eigenvalue weighted by molar-refractivity contribution is 5.92. The molecule has 0 saturated carbocycles. The molecular weight excluding hydrogens is 374 g/mol. The van der Waals surface area contributed by atoms with Crippen LogP contribution in [0.1, 0.15) is 18.6 Å². The minimum Gasteiger partial charge on any atom is -0.486 e. The summed E-state index contributed by atoms with van der Waals surface area (Å²) in [4.78, 5) is 14.8. The monoisotopic (exact) mass is 399 g/mol. The molecule has 1 saturated heterocycles. The Morgan fingerprint density at radius 1 is 0.967 bits per heavy atom. The number of anilines is 1. The summed E-state index contributed by atoms with van der Waals surface area (Å²) < 4.78 is 6.10. The topological polar surface area (TPSA) is 66.1 Å². The van der Waals surface area contributed by atoms with Crippen LogP contribution in [0.5, 0.6) is 5.75 Å². The smallest absolute Gasteiger partial charge is 0.143 e. The van der Waals surface area contributed by atoms with E-state index < -0.39 is 0 Å². The van der Waals surface area contributed by atoms with Gasteiger partial charge in [-0.15, -0.1) is 0 Å². The van der Waals surface area contributed by atoms with Crippen LogP contribution in [0.15, 0.2) is 67.0 Å². The minimum atomic E-state index is 0.00184. The van der Waals surface area contributed by atoms with E-state index in [1.54, 1.807) is 6.33 Å². The van der Waals surface area contributed by atoms with Gasteiger partial charge in [0, 0.05) is 31.9 Å². The average Bonchev–Trinajstić information content (AvgIpc) is 3.25. The first-order valence-electron chi connectivity index (χ1n) is 10.4. The summed E-state index contributed by atoms with van der Waals surface area (Å²) in [6.07, 6.45) is 1.64. The number of aromatic amines is 1. The minimum absolute atomic E-state index is 0.00184. The molecular formula is C24H25N5O. The Labute approximate surface area is 175 Å². The molecule has 1 aliphatic rings. The van der Waals surface area contributed by atoms with Crippen molar-refractivity contribution in [2.45, 2.75) is 13.0 Å². The van der Waals surface area contributed by atoms with Gasteiger partial charge in [0.15, 0.2) is 0 Å². The van der Waals surface area contributed by atoms with E-state index in [1.165, 1.54) is 0 Å². The van der Waals surface area contributed by atoms with E-state index in [1.807, 2.05) is 30.3 Å². The van der Waals surface area contributed by atoms with Crippen LogP contribution in [0.2, 0.25) is 0 Å². The van der Waals surface area contributed by atoms with Crippen molar-refractivity contribution in [3.05, 3.63) is 72.6 Å². The molecule has 2 aromatic carbocycles. The van der Waals surface area contributed by atoms with Gasteiger partial charge in [0.05, 0.1) is 5.39 Å². The number of nitrogens with zero attached hydrogens (tertiary/aromatic N) is 3. The maximum Gasteiger partial charge on any atom is 0.143 e. The third-order valence-electron chi connectivity index (χ3n) is 5.57. The fraction of sp³-hybridized carbons (Fsp3) is 0.250. The van der Waals surface area contributed by atoms with Gasteiger partial charge in [-0.05, 0) is 48.4 Å². The summed E-state index contributed by atoms with van der Waals surface area (Å²) >= 11 is 0. The fourth-order valence-corrected chi connectivity index (χ4v) is 3.92. The average molecular weight is 399 g/mol. The lowest BCUT2D eigenvalue weighted by Crippen LogP contribution is -2.43. The van der Waals surface area contributed by atoms with Gasteiger partial charge >= 0.3 is 0 Å². The third-order valence-corrected chi connectivity index (χ3v) is 5.57. The molecule has 0 bridgehead atoms. The molecule has 2 N–H and O–H groups in total. The quantitative estimate of drug-likeness (QED) is 0.527. The molecule has 0 spiro atoms. The van der Waals surface area contributed by atoms with E-state index in [0.717, 1.165) is 65.6 Å². The van der Waals surface area contributed by atoms with E-state index in [4.69, 9.17) is 4.74 Å². The maximum absolute atomic E-state index is 6.10. The van der Waals surface area contributed by atoms with Gasteiger partial charge in [0.2, 0.25) is 0 Å². The molecule has 0 amide bonds. The number of H-pyrrole nitrogens is 1. The van der Waals surface area contributed by atoms with Gasteiger partial charge in [-0.25, -0.2) is 9.97 Å². The molecule has 30 heavy (non-hydrogen) atoms. The first kappa shape index (κ1) is 18.6. The Morgan fingerprint density at radius 2 is 1.73 bits per heavy atom. The lowest BCUT2D eigenvalue weighted by Gasteiger charge is -2.28. The molecule has 1 atom stereocenters. The number of hydrogen-bond acceptors (Lipinski definition) is 5. The van der Waals surface area contributed by atoms with E-state index in [0.29, 0.717) is 0 Å². The van der Waals surface area contributed by atoms with Crippen molar-refractivity contribution < 1.29 is 4.74 Å². The maximum atomic E-state index is 6.10. The summed E-state index contributed by atoms with van der Waals surface area (Å²) in [5.74, 6) is 1.85. The summed E-state index contributed by atoms with van der Waals surface area (Å²) in [5.41, 5.74) is 4.16. The largest absolute Gasteiger partial charge is 0.486 e. The van der Waals surface area contributed by atoms with Crippen LogP contribution in [0.4, 0.5) is 5.82 Å². The van der Waals surface area contributed by atoms with Crippen LogP contribution < -0.4 is 15.0 Å². The van der Waals surface area contributed by atoms with Crippen LogP contribution in [0, 0.1) is 0 Å². The Morgan fingerprint density at radius 3 is 2.50 bits per heavy atom. The predicted molar refractivity (Wildman–Crippen MR) is 120 cm³/mol. The molecule has 152 valence electrons. The molecule has 1 unspecified atom stereocenters. The molecule has 5 rings (SSSR count). The molecule has 3 heterocycles. The highest BCUT2D eigenvalue weighted by Gasteiger charge is 2.17. The predicted octanol–water partition coefficient (Wildman–Crippen LogP) is 4.17. The molecule has 2 aromatic heterocycles. The van der Waals surface area contributed by atoms with Crippen molar-refractivity contribution in [1.82, 2.24) is 20.3 Å². The fourth-order valence-electron chi connectivity index (χ4n) is 3.92. The number of hydrogen-bond donors (Lipinski definition) is 2. The van der Waals surface area contributed by atoms with Crippen molar-refractivity contribution in [1.29, 1.82) is 0 Å². The van der Waals surface area contributed by atoms with Gasteiger partial charge < -0.3 is 19.9 Å². The Balaban J connectivity index is 1.38. The molecule has 0 radical (unpaired) electrons. The lowest BCUT2D eigenvalue weighted by molar-refractivity contribution is 0.227. The van der Waals surface area contributed by atoms with Crippen molar-refractivity contribution in [2.75, 3.05) is 31.1 Å². The molecule has 0 aliphatic carbocycles. The van der Waals surface area contributed by atoms with E-state index in [2.05, 4.69) is 62.4 Å². The van der Waals surface area contributed by atoms with Gasteiger partial charge in [-0.1, -0.05) is 30.3 Å². The Bertz CT molecular complexity index is 1120. The first-order chi connectivity index (χ1) is 14.8. The standard InChI is InChI=1S/C24H25N5O/c1-17(18-5-3-2-4-6-18)30-20-9-7-19(8-10-20)22-15-21-23(28-22)26-16-27-24(21)29-13-11-25-12-14-29/h2-10,15-17,25H,11-14H2,1H3,(H,26,27,28). The normalized spacial score (nSPS) is 15.3. The zero-order chi connectivity index (χ0) is 20.3. The van der Waals surface area contributed by atoms with E-state index in [-0.39, 0.29) is 6.10 Å². The summed E-state index contributed by atoms with van der Waals surface area (Å²) in [7, 11) is 0. The summed E-state index contributed by atoms with van der Waals surface area (Å²) in [6.45, 7) is 5.94. The Kier molecular flexibility index (Phi) is 5.07. The highest BCUT2D eigenvalue weighted by atomic mass is 16.5. The third kappa shape index (κ3) is 3.74. The van der Waals surface area contributed by atoms with Gasteiger partial charge in [0.25, 0.3) is 0 Å². The molecule has 1 aliphatic heterocycles. The number of nitrogens with one attached hydrogen (secondary N) is 2. The number of benzene rings is 2. The van der Waals surface area contributed by atoms with Crippen molar-refractivity contribution in [3.63, 3.8) is 0 Å². The van der Waals surface area contributed by atoms with Crippen molar-refractivity contribution in [2.24, 2.45) is 0 Å². The molecule has 6 nitrogen and oxygen atoms in total. The molecule has 4 aromatic rings. The summed E-state index contributed by atoms with van der Waals surface area (Å²) in [5, 5.41) is 4.45. The lowest BCUT2D eigenvalue weighted by atomic mass is 10.1. The van der Waals surface area contributed by atoms with Gasteiger partial charge in [0.1, 0.15) is 29.6 Å². The number of fused-ring (bicyclic) bond motifs is 1. The van der Waals surface area contributed by atoms with Crippen LogP contribution >= 0.6 is 0 Å². The van der Waals surface area contributed by atoms with Gasteiger partial charge in [-0.3, -0.25) is 0 Å². The second-order valence-corrected chi connectivity index (χ2v) is 7.57. The van der Waals surface area contributed by atoms with Crippen molar-refractivity contribution >= 4 is 16.9 Å². The number of aromatic nitrogens is 3. The molecule has 6 heteroatoms.